The Labute approximate surface area is 74.6 Å². The summed E-state index contributed by atoms with van der Waals surface area (Å²) in [5.74, 6) is 1.95. The third-order valence-electron chi connectivity index (χ3n) is 3.47. The van der Waals surface area contributed by atoms with E-state index in [0.717, 1.165) is 0 Å². The van der Waals surface area contributed by atoms with Gasteiger partial charge in [-0.1, -0.05) is 20.3 Å². The van der Waals surface area contributed by atoms with E-state index in [9.17, 15) is 0 Å². The summed E-state index contributed by atoms with van der Waals surface area (Å²) < 4.78 is 0. The minimum Gasteiger partial charge on any atom is -0.396 e. The molecule has 1 aliphatic rings. The molecule has 0 spiro atoms. The fourth-order valence-electron chi connectivity index (χ4n) is 2.46. The Hall–Kier alpha value is -0.0800. The molecule has 0 aromatic carbocycles. The second kappa shape index (κ2) is 4.24. The molecule has 1 fully saturated rings. The van der Waals surface area contributed by atoms with Crippen molar-refractivity contribution in [3.05, 3.63) is 0 Å². The predicted octanol–water partition coefficient (Wildman–Crippen LogP) is 1.27. The lowest BCUT2D eigenvalue weighted by Crippen LogP contribution is -2.24. The van der Waals surface area contributed by atoms with Gasteiger partial charge in [-0.2, -0.15) is 0 Å². The van der Waals surface area contributed by atoms with Gasteiger partial charge in [0.15, 0.2) is 0 Å². The van der Waals surface area contributed by atoms with Crippen molar-refractivity contribution in [1.29, 1.82) is 0 Å². The summed E-state index contributed by atoms with van der Waals surface area (Å²) in [7, 11) is 0. The van der Waals surface area contributed by atoms with E-state index in [-0.39, 0.29) is 13.2 Å². The average molecular weight is 172 g/mol. The zero-order valence-corrected chi connectivity index (χ0v) is 8.03. The predicted molar refractivity (Wildman–Crippen MR) is 48.7 cm³/mol. The van der Waals surface area contributed by atoms with E-state index in [1.54, 1.807) is 0 Å². The molecule has 4 atom stereocenters. The summed E-state index contributed by atoms with van der Waals surface area (Å²) in [6.45, 7) is 4.82. The van der Waals surface area contributed by atoms with Crippen LogP contribution in [0.5, 0.6) is 0 Å². The Kier molecular flexibility index (Phi) is 3.53. The van der Waals surface area contributed by atoms with Crippen LogP contribution in [-0.2, 0) is 0 Å². The van der Waals surface area contributed by atoms with Gasteiger partial charge in [0.05, 0.1) is 0 Å². The molecule has 2 nitrogen and oxygen atoms in total. The zero-order valence-electron chi connectivity index (χ0n) is 8.03. The third-order valence-corrected chi connectivity index (χ3v) is 3.47. The SMILES string of the molecule is C[C@H](CO)[C@H]1CC[C@H](C)[C@H]1CO. The van der Waals surface area contributed by atoms with E-state index in [1.807, 2.05) is 0 Å². The van der Waals surface area contributed by atoms with Gasteiger partial charge in [-0.25, -0.2) is 0 Å². The van der Waals surface area contributed by atoms with Crippen molar-refractivity contribution in [2.45, 2.75) is 26.7 Å². The van der Waals surface area contributed by atoms with E-state index < -0.39 is 0 Å². The van der Waals surface area contributed by atoms with E-state index in [1.165, 1.54) is 12.8 Å². The van der Waals surface area contributed by atoms with Crippen LogP contribution in [0.4, 0.5) is 0 Å². The molecule has 0 saturated heterocycles. The van der Waals surface area contributed by atoms with Gasteiger partial charge in [-0.15, -0.1) is 0 Å². The maximum atomic E-state index is 9.17. The summed E-state index contributed by atoms with van der Waals surface area (Å²) in [5, 5.41) is 18.2. The Morgan fingerprint density at radius 1 is 1.33 bits per heavy atom. The fourth-order valence-corrected chi connectivity index (χ4v) is 2.46. The van der Waals surface area contributed by atoms with Crippen LogP contribution in [-0.4, -0.2) is 23.4 Å². The summed E-state index contributed by atoms with van der Waals surface area (Å²) in [5.41, 5.74) is 0. The van der Waals surface area contributed by atoms with Gasteiger partial charge >= 0.3 is 0 Å². The number of hydrogen-bond donors (Lipinski definition) is 2. The Morgan fingerprint density at radius 2 is 2.00 bits per heavy atom. The van der Waals surface area contributed by atoms with Gasteiger partial charge in [0, 0.05) is 13.2 Å². The first-order valence-electron chi connectivity index (χ1n) is 4.92. The molecular weight excluding hydrogens is 152 g/mol. The molecule has 0 amide bonds. The fraction of sp³-hybridized carbons (Fsp3) is 1.00. The molecular formula is C10H20O2. The molecule has 2 N–H and O–H groups in total. The highest BCUT2D eigenvalue weighted by Crippen LogP contribution is 2.40. The van der Waals surface area contributed by atoms with Crippen molar-refractivity contribution in [3.8, 4) is 0 Å². The second-order valence-corrected chi connectivity index (χ2v) is 4.22. The Morgan fingerprint density at radius 3 is 2.50 bits per heavy atom. The van der Waals surface area contributed by atoms with Crippen molar-refractivity contribution < 1.29 is 10.2 Å². The van der Waals surface area contributed by atoms with Crippen LogP contribution in [0, 0.1) is 23.7 Å². The molecule has 0 aromatic heterocycles. The Bertz CT molecular complexity index is 136. The van der Waals surface area contributed by atoms with Gasteiger partial charge in [-0.3, -0.25) is 0 Å². The maximum Gasteiger partial charge on any atom is 0.0464 e. The minimum absolute atomic E-state index is 0.258. The van der Waals surface area contributed by atoms with Gasteiger partial charge in [0.1, 0.15) is 0 Å². The summed E-state index contributed by atoms with van der Waals surface area (Å²) in [6.07, 6.45) is 2.38. The first kappa shape index (κ1) is 10.0. The Balaban J connectivity index is 2.53. The van der Waals surface area contributed by atoms with Gasteiger partial charge in [0.2, 0.25) is 0 Å². The molecule has 1 aliphatic carbocycles. The molecule has 0 aliphatic heterocycles. The summed E-state index contributed by atoms with van der Waals surface area (Å²) in [4.78, 5) is 0. The molecule has 1 saturated carbocycles. The minimum atomic E-state index is 0.258. The topological polar surface area (TPSA) is 40.5 Å². The zero-order chi connectivity index (χ0) is 9.14. The van der Waals surface area contributed by atoms with Crippen LogP contribution in [0.2, 0.25) is 0 Å². The smallest absolute Gasteiger partial charge is 0.0464 e. The van der Waals surface area contributed by atoms with Crippen LogP contribution in [0.1, 0.15) is 26.7 Å². The first-order valence-corrected chi connectivity index (χ1v) is 4.92. The van der Waals surface area contributed by atoms with Crippen LogP contribution < -0.4 is 0 Å². The number of rotatable bonds is 3. The van der Waals surface area contributed by atoms with E-state index in [4.69, 9.17) is 10.2 Å². The third kappa shape index (κ3) is 1.80. The molecule has 12 heavy (non-hydrogen) atoms. The van der Waals surface area contributed by atoms with E-state index in [0.29, 0.717) is 23.7 Å². The lowest BCUT2D eigenvalue weighted by molar-refractivity contribution is 0.108. The number of aliphatic hydroxyl groups is 2. The maximum absolute atomic E-state index is 9.17. The summed E-state index contributed by atoms with van der Waals surface area (Å²) >= 11 is 0. The van der Waals surface area contributed by atoms with Crippen LogP contribution >= 0.6 is 0 Å². The van der Waals surface area contributed by atoms with Crippen molar-refractivity contribution in [2.75, 3.05) is 13.2 Å². The largest absolute Gasteiger partial charge is 0.396 e. The first-order chi connectivity index (χ1) is 5.70. The van der Waals surface area contributed by atoms with Crippen molar-refractivity contribution >= 4 is 0 Å². The molecule has 0 bridgehead atoms. The highest BCUT2D eigenvalue weighted by Gasteiger charge is 2.35. The van der Waals surface area contributed by atoms with Crippen molar-refractivity contribution in [1.82, 2.24) is 0 Å². The number of hydrogen-bond acceptors (Lipinski definition) is 2. The summed E-state index contributed by atoms with van der Waals surface area (Å²) in [6, 6.07) is 0. The molecule has 0 aromatic rings. The van der Waals surface area contributed by atoms with Crippen LogP contribution in [0.3, 0.4) is 0 Å². The highest BCUT2D eigenvalue weighted by molar-refractivity contribution is 4.84. The highest BCUT2D eigenvalue weighted by atomic mass is 16.3. The normalized spacial score (nSPS) is 38.5. The lowest BCUT2D eigenvalue weighted by atomic mass is 9.83. The van der Waals surface area contributed by atoms with Gasteiger partial charge in [-0.05, 0) is 30.1 Å². The molecule has 0 unspecified atom stereocenters. The van der Waals surface area contributed by atoms with Crippen molar-refractivity contribution in [3.63, 3.8) is 0 Å². The molecule has 72 valence electrons. The quantitative estimate of drug-likeness (QED) is 0.673. The average Bonchev–Trinajstić information content (AvgIpc) is 2.45. The van der Waals surface area contributed by atoms with Crippen LogP contribution in [0.15, 0.2) is 0 Å². The molecule has 2 heteroatoms. The monoisotopic (exact) mass is 172 g/mol. The molecule has 0 heterocycles. The molecule has 0 radical (unpaired) electrons. The van der Waals surface area contributed by atoms with Crippen molar-refractivity contribution in [2.24, 2.45) is 23.7 Å². The van der Waals surface area contributed by atoms with Crippen LogP contribution in [0.25, 0.3) is 0 Å². The van der Waals surface area contributed by atoms with Gasteiger partial charge in [0.25, 0.3) is 0 Å². The number of aliphatic hydroxyl groups excluding tert-OH is 2. The molecule has 1 rings (SSSR count). The lowest BCUT2D eigenvalue weighted by Gasteiger charge is -2.24. The van der Waals surface area contributed by atoms with E-state index >= 15 is 0 Å². The van der Waals surface area contributed by atoms with Gasteiger partial charge < -0.3 is 10.2 Å². The standard InChI is InChI=1S/C10H20O2/c1-7-3-4-9(8(2)5-11)10(7)6-12/h7-12H,3-6H2,1-2H3/t7-,8+,9+,10+/m0/s1. The second-order valence-electron chi connectivity index (χ2n) is 4.22. The van der Waals surface area contributed by atoms with E-state index in [2.05, 4.69) is 13.8 Å².